The molecular formula is C16H14BrFN2O5. The summed E-state index contributed by atoms with van der Waals surface area (Å²) < 4.78 is 24.0. The maximum absolute atomic E-state index is 13.1. The van der Waals surface area contributed by atoms with Crippen molar-refractivity contribution < 1.29 is 23.6 Å². The van der Waals surface area contributed by atoms with Crippen LogP contribution >= 0.6 is 15.9 Å². The highest BCUT2D eigenvalue weighted by Gasteiger charge is 2.20. The zero-order valence-electron chi connectivity index (χ0n) is 13.3. The number of halogens is 2. The van der Waals surface area contributed by atoms with Gasteiger partial charge in [0.15, 0.2) is 6.10 Å². The van der Waals surface area contributed by atoms with Crippen LogP contribution in [-0.2, 0) is 4.79 Å². The number of carbonyl (C=O) groups excluding carboxylic acids is 1. The predicted molar refractivity (Wildman–Crippen MR) is 92.5 cm³/mol. The van der Waals surface area contributed by atoms with Crippen LogP contribution in [0.15, 0.2) is 40.9 Å². The van der Waals surface area contributed by atoms with Crippen LogP contribution < -0.4 is 14.8 Å². The highest BCUT2D eigenvalue weighted by molar-refractivity contribution is 9.10. The number of rotatable bonds is 6. The van der Waals surface area contributed by atoms with Gasteiger partial charge >= 0.3 is 0 Å². The molecule has 0 radical (unpaired) electrons. The van der Waals surface area contributed by atoms with Gasteiger partial charge in [-0.15, -0.1) is 0 Å². The molecule has 0 saturated heterocycles. The Morgan fingerprint density at radius 3 is 2.56 bits per heavy atom. The van der Waals surface area contributed by atoms with Crippen molar-refractivity contribution in [3.63, 3.8) is 0 Å². The number of nitro benzene ring substituents is 1. The Morgan fingerprint density at radius 1 is 1.28 bits per heavy atom. The van der Waals surface area contributed by atoms with Crippen LogP contribution in [0, 0.1) is 15.9 Å². The van der Waals surface area contributed by atoms with Gasteiger partial charge in [-0.25, -0.2) is 4.39 Å². The zero-order chi connectivity index (χ0) is 18.6. The first-order valence-electron chi connectivity index (χ1n) is 7.07. The number of hydrogen-bond donors (Lipinski definition) is 1. The van der Waals surface area contributed by atoms with Crippen LogP contribution in [-0.4, -0.2) is 24.0 Å². The smallest absolute Gasteiger partial charge is 0.271 e. The van der Waals surface area contributed by atoms with Gasteiger partial charge in [0.2, 0.25) is 0 Å². The highest BCUT2D eigenvalue weighted by Crippen LogP contribution is 2.30. The molecule has 1 N–H and O–H groups in total. The van der Waals surface area contributed by atoms with E-state index in [4.69, 9.17) is 9.47 Å². The van der Waals surface area contributed by atoms with Crippen molar-refractivity contribution in [2.45, 2.75) is 13.0 Å². The number of non-ortho nitro benzene ring substituents is 1. The maximum Gasteiger partial charge on any atom is 0.271 e. The van der Waals surface area contributed by atoms with Crippen LogP contribution in [0.1, 0.15) is 6.92 Å². The lowest BCUT2D eigenvalue weighted by atomic mass is 10.2. The Bertz CT molecular complexity index is 815. The van der Waals surface area contributed by atoms with Gasteiger partial charge in [-0.2, -0.15) is 0 Å². The number of nitrogens with zero attached hydrogens (tertiary/aromatic N) is 1. The standard InChI is InChI=1S/C16H14BrFN2O5/c1-9(25-14-5-3-10(18)7-12(14)17)16(21)19-13-8-11(20(22)23)4-6-15(13)24-2/h3-9H,1-2H3,(H,19,21)/t9-/m1/s1. The average molecular weight is 413 g/mol. The van der Waals surface area contributed by atoms with E-state index in [2.05, 4.69) is 21.2 Å². The van der Waals surface area contributed by atoms with Crippen LogP contribution in [0.4, 0.5) is 15.8 Å². The number of hydrogen-bond acceptors (Lipinski definition) is 5. The number of benzene rings is 2. The summed E-state index contributed by atoms with van der Waals surface area (Å²) in [5.41, 5.74) is -0.0405. The van der Waals surface area contributed by atoms with Crippen LogP contribution in [0.25, 0.3) is 0 Å². The Hall–Kier alpha value is -2.68. The molecule has 25 heavy (non-hydrogen) atoms. The third-order valence-electron chi connectivity index (χ3n) is 3.22. The average Bonchev–Trinajstić information content (AvgIpc) is 2.57. The molecule has 1 atom stereocenters. The van der Waals surface area contributed by atoms with Crippen molar-refractivity contribution in [2.75, 3.05) is 12.4 Å². The molecule has 0 aliphatic heterocycles. The number of anilines is 1. The fourth-order valence-corrected chi connectivity index (χ4v) is 2.40. The van der Waals surface area contributed by atoms with Gasteiger partial charge in [-0.05, 0) is 47.1 Å². The Labute approximate surface area is 151 Å². The number of methoxy groups -OCH3 is 1. The summed E-state index contributed by atoms with van der Waals surface area (Å²) >= 11 is 3.15. The van der Waals surface area contributed by atoms with Gasteiger partial charge in [0, 0.05) is 12.1 Å². The van der Waals surface area contributed by atoms with E-state index < -0.39 is 22.8 Å². The SMILES string of the molecule is COc1ccc([N+](=O)[O-])cc1NC(=O)[C@@H](C)Oc1ccc(F)cc1Br. The largest absolute Gasteiger partial charge is 0.495 e. The monoisotopic (exact) mass is 412 g/mol. The lowest BCUT2D eigenvalue weighted by Crippen LogP contribution is -2.30. The molecule has 7 nitrogen and oxygen atoms in total. The van der Waals surface area contributed by atoms with Gasteiger partial charge in [-0.3, -0.25) is 14.9 Å². The molecule has 0 aromatic heterocycles. The summed E-state index contributed by atoms with van der Waals surface area (Å²) in [6.45, 7) is 1.49. The summed E-state index contributed by atoms with van der Waals surface area (Å²) in [5.74, 6) is -0.433. The number of nitrogens with one attached hydrogen (secondary N) is 1. The van der Waals surface area contributed by atoms with E-state index in [9.17, 15) is 19.3 Å². The lowest BCUT2D eigenvalue weighted by Gasteiger charge is -2.17. The Balaban J connectivity index is 2.15. The molecule has 2 rings (SSSR count). The maximum atomic E-state index is 13.1. The molecule has 2 aromatic rings. The Morgan fingerprint density at radius 2 is 1.96 bits per heavy atom. The first-order valence-corrected chi connectivity index (χ1v) is 7.86. The second kappa shape index (κ2) is 7.93. The zero-order valence-corrected chi connectivity index (χ0v) is 14.9. The third-order valence-corrected chi connectivity index (χ3v) is 3.84. The summed E-state index contributed by atoms with van der Waals surface area (Å²) in [6, 6.07) is 7.64. The van der Waals surface area contributed by atoms with E-state index in [1.54, 1.807) is 0 Å². The van der Waals surface area contributed by atoms with Gasteiger partial charge in [0.05, 0.1) is 22.2 Å². The fourth-order valence-electron chi connectivity index (χ4n) is 1.96. The Kier molecular flexibility index (Phi) is 5.92. The van der Waals surface area contributed by atoms with Crippen LogP contribution in [0.2, 0.25) is 0 Å². The van der Waals surface area contributed by atoms with Gasteiger partial charge < -0.3 is 14.8 Å². The summed E-state index contributed by atoms with van der Waals surface area (Å²) in [4.78, 5) is 22.6. The quantitative estimate of drug-likeness (QED) is 0.573. The molecule has 0 bridgehead atoms. The fraction of sp³-hybridized carbons (Fsp3) is 0.188. The highest BCUT2D eigenvalue weighted by atomic mass is 79.9. The van der Waals surface area contributed by atoms with Gasteiger partial charge in [0.25, 0.3) is 11.6 Å². The number of ether oxygens (including phenoxy) is 2. The molecule has 0 heterocycles. The number of carbonyl (C=O) groups is 1. The molecule has 9 heteroatoms. The van der Waals surface area contributed by atoms with Crippen molar-refractivity contribution in [3.05, 3.63) is 56.8 Å². The van der Waals surface area contributed by atoms with Crippen LogP contribution in [0.3, 0.4) is 0 Å². The minimum absolute atomic E-state index is 0.148. The van der Waals surface area contributed by atoms with Crippen molar-refractivity contribution in [3.8, 4) is 11.5 Å². The second-order valence-electron chi connectivity index (χ2n) is 4.97. The molecular weight excluding hydrogens is 399 g/mol. The third kappa shape index (κ3) is 4.66. The molecule has 132 valence electrons. The van der Waals surface area contributed by atoms with Crippen molar-refractivity contribution in [1.82, 2.24) is 0 Å². The van der Waals surface area contributed by atoms with E-state index in [-0.39, 0.29) is 22.9 Å². The van der Waals surface area contributed by atoms with Crippen molar-refractivity contribution >= 4 is 33.2 Å². The second-order valence-corrected chi connectivity index (χ2v) is 5.82. The first-order chi connectivity index (χ1) is 11.8. The first kappa shape index (κ1) is 18.7. The number of nitro groups is 1. The lowest BCUT2D eigenvalue weighted by molar-refractivity contribution is -0.384. The minimum Gasteiger partial charge on any atom is -0.495 e. The molecule has 0 fully saturated rings. The summed E-state index contributed by atoms with van der Waals surface area (Å²) in [6.07, 6.45) is -0.939. The van der Waals surface area contributed by atoms with E-state index in [1.807, 2.05) is 0 Å². The minimum atomic E-state index is -0.939. The van der Waals surface area contributed by atoms with Gasteiger partial charge in [0.1, 0.15) is 17.3 Å². The van der Waals surface area contributed by atoms with Crippen molar-refractivity contribution in [2.24, 2.45) is 0 Å². The van der Waals surface area contributed by atoms with Crippen LogP contribution in [0.5, 0.6) is 11.5 Å². The van der Waals surface area contributed by atoms with E-state index in [0.717, 1.165) is 0 Å². The number of amides is 1. The molecule has 0 saturated carbocycles. The summed E-state index contributed by atoms with van der Waals surface area (Å²) in [7, 11) is 1.38. The van der Waals surface area contributed by atoms with E-state index >= 15 is 0 Å². The van der Waals surface area contributed by atoms with E-state index in [1.165, 1.54) is 50.4 Å². The molecule has 1 amide bonds. The predicted octanol–water partition coefficient (Wildman–Crippen LogP) is 3.91. The molecule has 2 aromatic carbocycles. The molecule has 0 aliphatic carbocycles. The van der Waals surface area contributed by atoms with E-state index in [0.29, 0.717) is 4.47 Å². The molecule has 0 spiro atoms. The molecule has 0 unspecified atom stereocenters. The van der Waals surface area contributed by atoms with Gasteiger partial charge in [-0.1, -0.05) is 0 Å². The van der Waals surface area contributed by atoms with Crippen molar-refractivity contribution in [1.29, 1.82) is 0 Å². The molecule has 0 aliphatic rings. The summed E-state index contributed by atoms with van der Waals surface area (Å²) in [5, 5.41) is 13.4. The topological polar surface area (TPSA) is 90.7 Å². The normalized spacial score (nSPS) is 11.5.